The lowest BCUT2D eigenvalue weighted by atomic mass is 10.0. The molecule has 0 aliphatic carbocycles. The molecule has 0 aliphatic heterocycles. The van der Waals surface area contributed by atoms with Crippen molar-refractivity contribution < 1.29 is 23.2 Å². The number of nitrogens with zero attached hydrogens (tertiary/aromatic N) is 3. The van der Waals surface area contributed by atoms with Gasteiger partial charge in [0, 0.05) is 0 Å². The Hall–Kier alpha value is -2.42. The van der Waals surface area contributed by atoms with Crippen LogP contribution in [-0.4, -0.2) is 19.8 Å². The van der Waals surface area contributed by atoms with Gasteiger partial charge in [0.2, 0.25) is 0 Å². The van der Waals surface area contributed by atoms with E-state index in [1.165, 1.54) is 32.0 Å². The van der Waals surface area contributed by atoms with Crippen LogP contribution >= 0.6 is 0 Å². The number of aryl methyl sites for hydroxylation is 1. The van der Waals surface area contributed by atoms with Crippen LogP contribution in [0.2, 0.25) is 0 Å². The molecule has 1 aromatic carbocycles. The van der Waals surface area contributed by atoms with Crippen molar-refractivity contribution >= 4 is 5.69 Å². The quantitative estimate of drug-likeness (QED) is 0.690. The summed E-state index contributed by atoms with van der Waals surface area (Å²) in [6.45, 7) is 2.55. The van der Waals surface area contributed by atoms with Crippen molar-refractivity contribution in [1.29, 1.82) is 0 Å². The van der Waals surface area contributed by atoms with Crippen molar-refractivity contribution in [3.8, 4) is 0 Å². The molecule has 1 aromatic heterocycles. The van der Waals surface area contributed by atoms with E-state index in [1.54, 1.807) is 0 Å². The summed E-state index contributed by atoms with van der Waals surface area (Å²) in [5.41, 5.74) is -1.13. The number of alkyl halides is 3. The topological polar surface area (TPSA) is 81.2 Å². The van der Waals surface area contributed by atoms with Gasteiger partial charge in [-0.1, -0.05) is 18.2 Å². The van der Waals surface area contributed by atoms with Gasteiger partial charge in [-0.05, 0) is 25.5 Å². The molecule has 1 heterocycles. The van der Waals surface area contributed by atoms with Gasteiger partial charge in [0.15, 0.2) is 0 Å². The van der Waals surface area contributed by atoms with E-state index in [1.807, 2.05) is 0 Å². The smallest absolute Gasteiger partial charge is 0.386 e. The maximum atomic E-state index is 13.0. The molecule has 2 aromatic rings. The molecule has 0 bridgehead atoms. The molecule has 6 nitrogen and oxygen atoms in total. The third-order valence-corrected chi connectivity index (χ3v) is 3.50. The molecule has 124 valence electrons. The van der Waals surface area contributed by atoms with Crippen LogP contribution in [0.5, 0.6) is 0 Å². The fourth-order valence-corrected chi connectivity index (χ4v) is 2.44. The number of rotatable bonds is 4. The minimum absolute atomic E-state index is 0.142. The summed E-state index contributed by atoms with van der Waals surface area (Å²) in [6, 6.07) is 4.67. The van der Waals surface area contributed by atoms with Gasteiger partial charge in [-0.2, -0.15) is 18.3 Å². The minimum atomic E-state index is -4.60. The molecule has 0 saturated carbocycles. The second-order valence-corrected chi connectivity index (χ2v) is 5.06. The number of benzene rings is 1. The molecule has 1 N–H and O–H groups in total. The van der Waals surface area contributed by atoms with Crippen LogP contribution in [0.3, 0.4) is 0 Å². The van der Waals surface area contributed by atoms with Crippen LogP contribution < -0.4 is 0 Å². The van der Waals surface area contributed by atoms with Crippen LogP contribution in [-0.2, 0) is 12.7 Å². The zero-order chi connectivity index (χ0) is 17.4. The Kier molecular flexibility index (Phi) is 4.42. The Bertz CT molecular complexity index is 741. The normalized spacial score (nSPS) is 13.1. The zero-order valence-electron chi connectivity index (χ0n) is 12.3. The summed E-state index contributed by atoms with van der Waals surface area (Å²) in [4.78, 5) is 10.3. The van der Waals surface area contributed by atoms with Crippen LogP contribution in [0.1, 0.15) is 28.6 Å². The van der Waals surface area contributed by atoms with Crippen LogP contribution in [0, 0.1) is 24.0 Å². The summed E-state index contributed by atoms with van der Waals surface area (Å²) < 4.78 is 40.1. The molecule has 0 radical (unpaired) electrons. The van der Waals surface area contributed by atoms with Gasteiger partial charge in [0.05, 0.1) is 23.1 Å². The summed E-state index contributed by atoms with van der Waals surface area (Å²) in [5.74, 6) is 0. The Morgan fingerprint density at radius 2 is 1.96 bits per heavy atom. The first-order valence-corrected chi connectivity index (χ1v) is 6.65. The number of halogens is 3. The summed E-state index contributed by atoms with van der Waals surface area (Å²) in [7, 11) is 0. The van der Waals surface area contributed by atoms with Gasteiger partial charge in [0.25, 0.3) is 0 Å². The highest BCUT2D eigenvalue weighted by molar-refractivity contribution is 5.39. The maximum Gasteiger partial charge on any atom is 0.416 e. The fraction of sp³-hybridized carbons (Fsp3) is 0.357. The first-order valence-electron chi connectivity index (χ1n) is 6.65. The summed E-state index contributed by atoms with van der Waals surface area (Å²) >= 11 is 0. The van der Waals surface area contributed by atoms with Crippen molar-refractivity contribution in [2.45, 2.75) is 32.7 Å². The molecule has 2 rings (SSSR count). The number of hydrogen-bond donors (Lipinski definition) is 1. The number of hydrogen-bond acceptors (Lipinski definition) is 4. The van der Waals surface area contributed by atoms with Crippen molar-refractivity contribution in [2.24, 2.45) is 0 Å². The number of nitro groups is 1. The predicted molar refractivity (Wildman–Crippen MR) is 74.8 cm³/mol. The lowest BCUT2D eigenvalue weighted by molar-refractivity contribution is -0.386. The van der Waals surface area contributed by atoms with Gasteiger partial charge >= 0.3 is 11.9 Å². The fourth-order valence-electron chi connectivity index (χ4n) is 2.44. The first kappa shape index (κ1) is 16.9. The third-order valence-electron chi connectivity index (χ3n) is 3.50. The maximum absolute atomic E-state index is 13.0. The molecule has 1 unspecified atom stereocenters. The number of aliphatic hydroxyl groups is 1. The largest absolute Gasteiger partial charge is 0.416 e. The van der Waals surface area contributed by atoms with Crippen LogP contribution in [0.15, 0.2) is 24.3 Å². The third kappa shape index (κ3) is 3.34. The van der Waals surface area contributed by atoms with E-state index in [0.717, 1.165) is 10.7 Å². The minimum Gasteiger partial charge on any atom is -0.386 e. The Balaban J connectivity index is 2.36. The van der Waals surface area contributed by atoms with E-state index in [0.29, 0.717) is 0 Å². The van der Waals surface area contributed by atoms with Gasteiger partial charge in [-0.15, -0.1) is 0 Å². The van der Waals surface area contributed by atoms with E-state index in [4.69, 9.17) is 0 Å². The molecule has 0 fully saturated rings. The second kappa shape index (κ2) is 5.99. The average Bonchev–Trinajstić information content (AvgIpc) is 2.72. The van der Waals surface area contributed by atoms with Crippen molar-refractivity contribution in [2.75, 3.05) is 0 Å². The van der Waals surface area contributed by atoms with Gasteiger partial charge in [-0.3, -0.25) is 14.8 Å². The van der Waals surface area contributed by atoms with E-state index in [-0.39, 0.29) is 29.2 Å². The molecular formula is C14H14F3N3O3. The predicted octanol–water partition coefficient (Wildman–Crippen LogP) is 3.16. The van der Waals surface area contributed by atoms with E-state index in [9.17, 15) is 28.4 Å². The highest BCUT2D eigenvalue weighted by Gasteiger charge is 2.35. The Morgan fingerprint density at radius 1 is 1.35 bits per heavy atom. The average molecular weight is 329 g/mol. The molecule has 1 atom stereocenters. The number of aromatic nitrogens is 2. The molecular weight excluding hydrogens is 315 g/mol. The Morgan fingerprint density at radius 3 is 2.48 bits per heavy atom. The van der Waals surface area contributed by atoms with Crippen LogP contribution in [0.4, 0.5) is 18.9 Å². The molecule has 23 heavy (non-hydrogen) atoms. The monoisotopic (exact) mass is 329 g/mol. The highest BCUT2D eigenvalue weighted by Crippen LogP contribution is 2.35. The molecule has 0 amide bonds. The molecule has 0 aliphatic rings. The van der Waals surface area contributed by atoms with Gasteiger partial charge in [0.1, 0.15) is 11.4 Å². The first-order chi connectivity index (χ1) is 10.6. The molecule has 0 saturated heterocycles. The number of aliphatic hydroxyl groups excluding tert-OH is 1. The second-order valence-electron chi connectivity index (χ2n) is 5.06. The van der Waals surface area contributed by atoms with Crippen molar-refractivity contribution in [3.05, 3.63) is 56.9 Å². The zero-order valence-corrected chi connectivity index (χ0v) is 12.3. The van der Waals surface area contributed by atoms with Crippen molar-refractivity contribution in [3.63, 3.8) is 0 Å². The molecule has 9 heteroatoms. The van der Waals surface area contributed by atoms with E-state index < -0.39 is 22.8 Å². The lowest BCUT2D eigenvalue weighted by Gasteiger charge is -2.17. The highest BCUT2D eigenvalue weighted by atomic mass is 19.4. The van der Waals surface area contributed by atoms with Crippen molar-refractivity contribution in [1.82, 2.24) is 9.78 Å². The SMILES string of the molecule is Cc1nn(CC(O)c2ccccc2C(F)(F)F)c(C)c1[N+](=O)[O-]. The van der Waals surface area contributed by atoms with Crippen LogP contribution in [0.25, 0.3) is 0 Å². The lowest BCUT2D eigenvalue weighted by Crippen LogP contribution is -2.16. The molecule has 0 spiro atoms. The van der Waals surface area contributed by atoms with Gasteiger partial charge < -0.3 is 5.11 Å². The van der Waals surface area contributed by atoms with E-state index in [2.05, 4.69) is 5.10 Å². The summed E-state index contributed by atoms with van der Waals surface area (Å²) in [5, 5.41) is 25.0. The summed E-state index contributed by atoms with van der Waals surface area (Å²) in [6.07, 6.45) is -6.09. The Labute approximate surface area is 129 Å². The standard InChI is InChI=1S/C14H14F3N3O3/c1-8-13(20(22)23)9(2)19(18-8)7-12(21)10-5-3-4-6-11(10)14(15,16)17/h3-6,12,21H,7H2,1-2H3. The van der Waals surface area contributed by atoms with Gasteiger partial charge in [-0.25, -0.2) is 0 Å². The van der Waals surface area contributed by atoms with E-state index >= 15 is 0 Å².